The van der Waals surface area contributed by atoms with Gasteiger partial charge in [-0.05, 0) is 25.3 Å². The molecular formula is C20H22N6O3. The van der Waals surface area contributed by atoms with Crippen LogP contribution >= 0.6 is 0 Å². The highest BCUT2D eigenvalue weighted by Gasteiger charge is 2.31. The third-order valence-electron chi connectivity index (χ3n) is 4.95. The second kappa shape index (κ2) is 8.26. The van der Waals surface area contributed by atoms with Gasteiger partial charge in [0.2, 0.25) is 0 Å². The van der Waals surface area contributed by atoms with Crippen molar-refractivity contribution in [3.8, 4) is 0 Å². The van der Waals surface area contributed by atoms with Crippen LogP contribution < -0.4 is 5.32 Å². The molecule has 9 heteroatoms. The van der Waals surface area contributed by atoms with E-state index in [1.807, 2.05) is 30.3 Å². The first kappa shape index (κ1) is 18.9. The third kappa shape index (κ3) is 4.34. The average molecular weight is 394 g/mol. The van der Waals surface area contributed by atoms with E-state index in [4.69, 9.17) is 4.52 Å². The number of aryl methyl sites for hydroxylation is 1. The molecule has 1 atom stereocenters. The van der Waals surface area contributed by atoms with Crippen molar-refractivity contribution in [2.24, 2.45) is 0 Å². The molecule has 29 heavy (non-hydrogen) atoms. The molecule has 1 aliphatic rings. The lowest BCUT2D eigenvalue weighted by atomic mass is 10.2. The number of hydrogen-bond acceptors (Lipinski definition) is 6. The standard InChI is InChI=1S/C20H22N6O3/c1-14-10-17(23-29-14)20(28)26-9-5-8-16(26)12-25-13-18(22-24-25)19(27)21-11-15-6-3-2-4-7-15/h2-4,6-7,10,13,16H,5,8-9,11-12H2,1H3,(H,21,27). The Morgan fingerprint density at radius 1 is 1.24 bits per heavy atom. The maximum Gasteiger partial charge on any atom is 0.276 e. The van der Waals surface area contributed by atoms with Crippen molar-refractivity contribution in [3.63, 3.8) is 0 Å². The SMILES string of the molecule is Cc1cc(C(=O)N2CCCC2Cn2cc(C(=O)NCc3ccccc3)nn2)no1. The van der Waals surface area contributed by atoms with Gasteiger partial charge in [-0.1, -0.05) is 40.7 Å². The van der Waals surface area contributed by atoms with E-state index in [2.05, 4.69) is 20.8 Å². The highest BCUT2D eigenvalue weighted by molar-refractivity contribution is 5.93. The Morgan fingerprint density at radius 3 is 2.83 bits per heavy atom. The minimum atomic E-state index is -0.280. The highest BCUT2D eigenvalue weighted by atomic mass is 16.5. The maximum atomic E-state index is 12.7. The predicted molar refractivity (Wildman–Crippen MR) is 103 cm³/mol. The van der Waals surface area contributed by atoms with E-state index >= 15 is 0 Å². The number of nitrogens with one attached hydrogen (secondary N) is 1. The molecule has 1 N–H and O–H groups in total. The molecule has 1 saturated heterocycles. The van der Waals surface area contributed by atoms with Gasteiger partial charge in [0.1, 0.15) is 5.76 Å². The summed E-state index contributed by atoms with van der Waals surface area (Å²) in [6, 6.07) is 11.3. The number of carbonyl (C=O) groups excluding carboxylic acids is 2. The van der Waals surface area contributed by atoms with Crippen LogP contribution in [-0.2, 0) is 13.1 Å². The third-order valence-corrected chi connectivity index (χ3v) is 4.95. The summed E-state index contributed by atoms with van der Waals surface area (Å²) in [7, 11) is 0. The van der Waals surface area contributed by atoms with Crippen molar-refractivity contribution >= 4 is 11.8 Å². The van der Waals surface area contributed by atoms with Gasteiger partial charge in [0.25, 0.3) is 11.8 Å². The minimum absolute atomic E-state index is 0.0264. The number of benzene rings is 1. The van der Waals surface area contributed by atoms with Crippen LogP contribution in [0.2, 0.25) is 0 Å². The van der Waals surface area contributed by atoms with Crippen molar-refractivity contribution in [2.45, 2.75) is 38.9 Å². The van der Waals surface area contributed by atoms with E-state index in [1.165, 1.54) is 0 Å². The molecule has 2 aromatic heterocycles. The number of amides is 2. The van der Waals surface area contributed by atoms with Crippen LogP contribution in [-0.4, -0.2) is 49.5 Å². The molecule has 4 rings (SSSR count). The molecule has 0 radical (unpaired) electrons. The lowest BCUT2D eigenvalue weighted by Gasteiger charge is -2.23. The van der Waals surface area contributed by atoms with Crippen molar-refractivity contribution in [1.82, 2.24) is 30.4 Å². The Labute approximate surface area is 167 Å². The van der Waals surface area contributed by atoms with Crippen molar-refractivity contribution in [3.05, 3.63) is 65.3 Å². The first-order valence-electron chi connectivity index (χ1n) is 9.56. The Kier molecular flexibility index (Phi) is 5.37. The van der Waals surface area contributed by atoms with Crippen LogP contribution in [0.3, 0.4) is 0 Å². The van der Waals surface area contributed by atoms with Crippen molar-refractivity contribution in [2.75, 3.05) is 6.54 Å². The van der Waals surface area contributed by atoms with E-state index in [-0.39, 0.29) is 23.6 Å². The predicted octanol–water partition coefficient (Wildman–Crippen LogP) is 1.81. The molecule has 2 amide bonds. The first-order chi connectivity index (χ1) is 14.1. The first-order valence-corrected chi connectivity index (χ1v) is 9.56. The van der Waals surface area contributed by atoms with E-state index in [0.29, 0.717) is 31.1 Å². The Balaban J connectivity index is 1.36. The maximum absolute atomic E-state index is 12.7. The van der Waals surface area contributed by atoms with E-state index in [1.54, 1.807) is 28.8 Å². The van der Waals surface area contributed by atoms with Gasteiger partial charge in [-0.15, -0.1) is 5.10 Å². The summed E-state index contributed by atoms with van der Waals surface area (Å²) in [4.78, 5) is 26.8. The highest BCUT2D eigenvalue weighted by Crippen LogP contribution is 2.21. The summed E-state index contributed by atoms with van der Waals surface area (Å²) < 4.78 is 6.63. The summed E-state index contributed by atoms with van der Waals surface area (Å²) in [5, 5.41) is 14.7. The van der Waals surface area contributed by atoms with Gasteiger partial charge in [-0.25, -0.2) is 4.68 Å². The van der Waals surface area contributed by atoms with Gasteiger partial charge in [0.05, 0.1) is 18.8 Å². The largest absolute Gasteiger partial charge is 0.361 e. The Morgan fingerprint density at radius 2 is 2.07 bits per heavy atom. The molecule has 150 valence electrons. The van der Waals surface area contributed by atoms with Gasteiger partial charge in [0, 0.05) is 19.2 Å². The quantitative estimate of drug-likeness (QED) is 0.683. The fourth-order valence-corrected chi connectivity index (χ4v) is 3.48. The van der Waals surface area contributed by atoms with Gasteiger partial charge >= 0.3 is 0 Å². The van der Waals surface area contributed by atoms with E-state index < -0.39 is 0 Å². The van der Waals surface area contributed by atoms with E-state index in [0.717, 1.165) is 18.4 Å². The number of rotatable bonds is 6. The number of carbonyl (C=O) groups is 2. The monoisotopic (exact) mass is 394 g/mol. The molecule has 0 saturated carbocycles. The van der Waals surface area contributed by atoms with Gasteiger partial charge in [-0.3, -0.25) is 9.59 Å². The van der Waals surface area contributed by atoms with Crippen LogP contribution in [0.25, 0.3) is 0 Å². The van der Waals surface area contributed by atoms with Crippen LogP contribution in [0, 0.1) is 6.92 Å². The summed E-state index contributed by atoms with van der Waals surface area (Å²) in [6.07, 6.45) is 3.38. The molecule has 1 unspecified atom stereocenters. The Hall–Kier alpha value is -3.49. The lowest BCUT2D eigenvalue weighted by molar-refractivity contribution is 0.0710. The molecule has 9 nitrogen and oxygen atoms in total. The topological polar surface area (TPSA) is 106 Å². The zero-order valence-corrected chi connectivity index (χ0v) is 16.1. The second-order valence-corrected chi connectivity index (χ2v) is 7.11. The molecule has 3 heterocycles. The molecule has 0 aliphatic carbocycles. The van der Waals surface area contributed by atoms with Gasteiger partial charge in [-0.2, -0.15) is 0 Å². The van der Waals surface area contributed by atoms with Gasteiger partial charge < -0.3 is 14.7 Å². The fraction of sp³-hybridized carbons (Fsp3) is 0.350. The molecule has 1 fully saturated rings. The van der Waals surface area contributed by atoms with Crippen LogP contribution in [0.1, 0.15) is 45.1 Å². The number of hydrogen-bond donors (Lipinski definition) is 1. The smallest absolute Gasteiger partial charge is 0.276 e. The summed E-state index contributed by atoms with van der Waals surface area (Å²) in [5.74, 6) is 0.175. The Bertz CT molecular complexity index is 997. The molecule has 1 aromatic carbocycles. The number of nitrogens with zero attached hydrogens (tertiary/aromatic N) is 5. The van der Waals surface area contributed by atoms with Crippen molar-refractivity contribution < 1.29 is 14.1 Å². The van der Waals surface area contributed by atoms with E-state index in [9.17, 15) is 9.59 Å². The zero-order valence-electron chi connectivity index (χ0n) is 16.1. The molecule has 1 aliphatic heterocycles. The number of aromatic nitrogens is 4. The van der Waals surface area contributed by atoms with Gasteiger partial charge in [0.15, 0.2) is 11.4 Å². The molecule has 0 bridgehead atoms. The van der Waals surface area contributed by atoms with Crippen LogP contribution in [0.5, 0.6) is 0 Å². The second-order valence-electron chi connectivity index (χ2n) is 7.11. The summed E-state index contributed by atoms with van der Waals surface area (Å²) in [6.45, 7) is 3.32. The summed E-state index contributed by atoms with van der Waals surface area (Å²) >= 11 is 0. The lowest BCUT2D eigenvalue weighted by Crippen LogP contribution is -2.38. The van der Waals surface area contributed by atoms with Crippen LogP contribution in [0.4, 0.5) is 0 Å². The number of likely N-dealkylation sites (tertiary alicyclic amines) is 1. The molecular weight excluding hydrogens is 372 g/mol. The minimum Gasteiger partial charge on any atom is -0.361 e. The average Bonchev–Trinajstić information content (AvgIpc) is 3.48. The zero-order chi connectivity index (χ0) is 20.2. The fourth-order valence-electron chi connectivity index (χ4n) is 3.48. The normalized spacial score (nSPS) is 16.2. The van der Waals surface area contributed by atoms with Crippen LogP contribution in [0.15, 0.2) is 47.1 Å². The van der Waals surface area contributed by atoms with Crippen molar-refractivity contribution in [1.29, 1.82) is 0 Å². The molecule has 3 aromatic rings. The molecule has 0 spiro atoms. The summed E-state index contributed by atoms with van der Waals surface area (Å²) in [5.41, 5.74) is 1.58.